The minimum absolute atomic E-state index is 0.0207. The highest BCUT2D eigenvalue weighted by Gasteiger charge is 2.21. The van der Waals surface area contributed by atoms with Gasteiger partial charge in [0.2, 0.25) is 5.91 Å². The second-order valence-corrected chi connectivity index (χ2v) is 6.42. The molecule has 23 heavy (non-hydrogen) atoms. The molecule has 1 aliphatic rings. The molecule has 2 aromatic rings. The van der Waals surface area contributed by atoms with Crippen LogP contribution in [0.1, 0.15) is 19.8 Å². The van der Waals surface area contributed by atoms with Gasteiger partial charge < -0.3 is 5.32 Å². The van der Waals surface area contributed by atoms with Crippen molar-refractivity contribution in [1.82, 2.24) is 19.4 Å². The van der Waals surface area contributed by atoms with E-state index in [2.05, 4.69) is 10.2 Å². The summed E-state index contributed by atoms with van der Waals surface area (Å²) in [5, 5.41) is 2.91. The van der Waals surface area contributed by atoms with Gasteiger partial charge in [-0.05, 0) is 37.4 Å². The molecule has 6 nitrogen and oxygen atoms in total. The van der Waals surface area contributed by atoms with Gasteiger partial charge in [0.25, 0.3) is 0 Å². The van der Waals surface area contributed by atoms with Crippen LogP contribution in [0.2, 0.25) is 0 Å². The average molecular weight is 316 g/mol. The number of fused-ring (bicyclic) bond motifs is 1. The number of aryl methyl sites for hydroxylation is 1. The fourth-order valence-corrected chi connectivity index (χ4v) is 3.43. The predicted octanol–water partition coefficient (Wildman–Crippen LogP) is 1.15. The molecule has 0 saturated carbocycles. The first-order valence-corrected chi connectivity index (χ1v) is 8.17. The van der Waals surface area contributed by atoms with Crippen molar-refractivity contribution in [2.75, 3.05) is 19.6 Å². The molecule has 1 fully saturated rings. The Kier molecular flexibility index (Phi) is 4.52. The molecule has 1 aliphatic heterocycles. The molecular formula is C17H24N4O2. The number of likely N-dealkylation sites (tertiary alicyclic amines) is 1. The number of amides is 1. The Morgan fingerprint density at radius 1 is 1.30 bits per heavy atom. The molecule has 1 saturated heterocycles. The van der Waals surface area contributed by atoms with Gasteiger partial charge in [-0.15, -0.1) is 0 Å². The van der Waals surface area contributed by atoms with Crippen LogP contribution in [0.3, 0.4) is 0 Å². The summed E-state index contributed by atoms with van der Waals surface area (Å²) in [5.41, 5.74) is 1.96. The summed E-state index contributed by atoms with van der Waals surface area (Å²) in [6.45, 7) is 4.78. The first-order chi connectivity index (χ1) is 11.1. The minimum atomic E-state index is 0.0207. The maximum atomic E-state index is 12.5. The van der Waals surface area contributed by atoms with Crippen LogP contribution in [0, 0.1) is 5.92 Å². The number of piperidine rings is 1. The predicted molar refractivity (Wildman–Crippen MR) is 90.2 cm³/mol. The van der Waals surface area contributed by atoms with E-state index in [9.17, 15) is 9.59 Å². The largest absolute Gasteiger partial charge is 0.356 e. The normalized spacial score (nSPS) is 19.1. The fourth-order valence-electron chi connectivity index (χ4n) is 3.43. The van der Waals surface area contributed by atoms with Crippen LogP contribution in [0.4, 0.5) is 0 Å². The van der Waals surface area contributed by atoms with Crippen LogP contribution in [0.15, 0.2) is 29.1 Å². The van der Waals surface area contributed by atoms with Gasteiger partial charge in [-0.25, -0.2) is 4.79 Å². The van der Waals surface area contributed by atoms with Crippen LogP contribution in [-0.4, -0.2) is 39.6 Å². The number of carbonyl (C=O) groups excluding carboxylic acids is 1. The molecule has 1 aromatic carbocycles. The summed E-state index contributed by atoms with van der Waals surface area (Å²) in [6.07, 6.45) is 2.23. The van der Waals surface area contributed by atoms with Crippen LogP contribution in [0.5, 0.6) is 0 Å². The van der Waals surface area contributed by atoms with E-state index < -0.39 is 0 Å². The molecule has 6 heteroatoms. The lowest BCUT2D eigenvalue weighted by molar-refractivity contribution is -0.119. The van der Waals surface area contributed by atoms with Crippen molar-refractivity contribution in [1.29, 1.82) is 0 Å². The Balaban J connectivity index is 1.76. The van der Waals surface area contributed by atoms with Crippen molar-refractivity contribution >= 4 is 16.9 Å². The van der Waals surface area contributed by atoms with Gasteiger partial charge in [-0.2, -0.15) is 0 Å². The number of rotatable bonds is 4. The van der Waals surface area contributed by atoms with E-state index in [1.54, 1.807) is 11.5 Å². The Morgan fingerprint density at radius 3 is 2.78 bits per heavy atom. The van der Waals surface area contributed by atoms with E-state index in [1.807, 2.05) is 35.9 Å². The smallest absolute Gasteiger partial charge is 0.329 e. The van der Waals surface area contributed by atoms with Crippen LogP contribution in [0.25, 0.3) is 11.0 Å². The quantitative estimate of drug-likeness (QED) is 0.920. The second kappa shape index (κ2) is 6.58. The zero-order chi connectivity index (χ0) is 16.4. The number of nitrogens with zero attached hydrogens (tertiary/aromatic N) is 3. The zero-order valence-corrected chi connectivity index (χ0v) is 13.8. The third kappa shape index (κ3) is 3.32. The summed E-state index contributed by atoms with van der Waals surface area (Å²) in [7, 11) is 1.82. The summed E-state index contributed by atoms with van der Waals surface area (Å²) in [4.78, 5) is 25.9. The van der Waals surface area contributed by atoms with Crippen molar-refractivity contribution < 1.29 is 4.79 Å². The van der Waals surface area contributed by atoms with Crippen LogP contribution < -0.4 is 11.0 Å². The zero-order valence-electron chi connectivity index (χ0n) is 13.8. The Hall–Kier alpha value is -2.08. The molecule has 0 spiro atoms. The number of carbonyl (C=O) groups is 1. The lowest BCUT2D eigenvalue weighted by Crippen LogP contribution is -2.42. The highest BCUT2D eigenvalue weighted by Crippen LogP contribution is 2.18. The van der Waals surface area contributed by atoms with E-state index in [1.165, 1.54) is 0 Å². The summed E-state index contributed by atoms with van der Waals surface area (Å²) in [5.74, 6) is 0.478. The topological polar surface area (TPSA) is 59.3 Å². The molecule has 1 aromatic heterocycles. The highest BCUT2D eigenvalue weighted by atomic mass is 16.2. The maximum absolute atomic E-state index is 12.5. The Bertz CT molecular complexity index is 762. The molecule has 1 atom stereocenters. The molecule has 124 valence electrons. The summed E-state index contributed by atoms with van der Waals surface area (Å²) in [6, 6.07) is 7.89. The number of nitrogens with one attached hydrogen (secondary N) is 1. The Labute approximate surface area is 135 Å². The van der Waals surface area contributed by atoms with Gasteiger partial charge in [-0.3, -0.25) is 18.8 Å². The third-order valence-electron chi connectivity index (χ3n) is 4.64. The molecular weight excluding hydrogens is 292 g/mol. The average Bonchev–Trinajstić information content (AvgIpc) is 2.79. The van der Waals surface area contributed by atoms with Gasteiger partial charge in [0.1, 0.15) is 0 Å². The van der Waals surface area contributed by atoms with Crippen molar-refractivity contribution in [2.45, 2.75) is 26.4 Å². The second-order valence-electron chi connectivity index (χ2n) is 6.42. The first kappa shape index (κ1) is 15.8. The molecule has 0 unspecified atom stereocenters. The van der Waals surface area contributed by atoms with Gasteiger partial charge in [0, 0.05) is 27.1 Å². The SMILES string of the molecule is CC(=O)NC[C@H]1CCCN(Cn2c(=O)n(C)c3ccccc32)C1. The van der Waals surface area contributed by atoms with E-state index in [0.717, 1.165) is 43.5 Å². The lowest BCUT2D eigenvalue weighted by Gasteiger charge is -2.32. The maximum Gasteiger partial charge on any atom is 0.329 e. The number of hydrogen-bond acceptors (Lipinski definition) is 3. The number of para-hydroxylation sites is 2. The molecule has 0 radical (unpaired) electrons. The molecule has 1 N–H and O–H groups in total. The van der Waals surface area contributed by atoms with Crippen molar-refractivity contribution in [2.24, 2.45) is 13.0 Å². The molecule has 2 heterocycles. The van der Waals surface area contributed by atoms with Gasteiger partial charge in [0.05, 0.1) is 17.7 Å². The molecule has 1 amide bonds. The van der Waals surface area contributed by atoms with Gasteiger partial charge in [0.15, 0.2) is 0 Å². The number of benzene rings is 1. The Morgan fingerprint density at radius 2 is 2.04 bits per heavy atom. The molecule has 0 bridgehead atoms. The van der Waals surface area contributed by atoms with Gasteiger partial charge in [-0.1, -0.05) is 12.1 Å². The number of hydrogen-bond donors (Lipinski definition) is 1. The minimum Gasteiger partial charge on any atom is -0.356 e. The van der Waals surface area contributed by atoms with E-state index in [-0.39, 0.29) is 11.6 Å². The first-order valence-electron chi connectivity index (χ1n) is 8.17. The number of aromatic nitrogens is 2. The van der Waals surface area contributed by atoms with Crippen LogP contribution in [-0.2, 0) is 18.5 Å². The number of imidazole rings is 1. The summed E-state index contributed by atoms with van der Waals surface area (Å²) < 4.78 is 3.55. The molecule has 0 aliphatic carbocycles. The van der Waals surface area contributed by atoms with Gasteiger partial charge >= 0.3 is 5.69 Å². The third-order valence-corrected chi connectivity index (χ3v) is 4.64. The highest BCUT2D eigenvalue weighted by molar-refractivity contribution is 5.75. The fraction of sp³-hybridized carbons (Fsp3) is 0.529. The van der Waals surface area contributed by atoms with Crippen molar-refractivity contribution in [3.63, 3.8) is 0 Å². The standard InChI is InChI=1S/C17H24N4O2/c1-13(22)18-10-14-6-5-9-20(11-14)12-21-16-8-4-3-7-15(16)19(2)17(21)23/h3-4,7-8,14H,5-6,9-12H2,1-2H3,(H,18,22)/t14-/m1/s1. The van der Waals surface area contributed by atoms with Crippen molar-refractivity contribution in [3.8, 4) is 0 Å². The van der Waals surface area contributed by atoms with E-state index in [0.29, 0.717) is 12.6 Å². The monoisotopic (exact) mass is 316 g/mol. The van der Waals surface area contributed by atoms with E-state index >= 15 is 0 Å². The summed E-state index contributed by atoms with van der Waals surface area (Å²) >= 11 is 0. The van der Waals surface area contributed by atoms with Crippen LogP contribution >= 0.6 is 0 Å². The van der Waals surface area contributed by atoms with E-state index in [4.69, 9.17) is 0 Å². The lowest BCUT2D eigenvalue weighted by atomic mass is 9.98. The molecule has 3 rings (SSSR count). The van der Waals surface area contributed by atoms with Crippen molar-refractivity contribution in [3.05, 3.63) is 34.7 Å².